The fourth-order valence-corrected chi connectivity index (χ4v) is 3.39. The van der Waals surface area contributed by atoms with Gasteiger partial charge in [0.1, 0.15) is 0 Å². The summed E-state index contributed by atoms with van der Waals surface area (Å²) in [6, 6.07) is 0. The Hall–Kier alpha value is -0.466. The molecular weight excluding hydrogens is 206 g/mol. The molecule has 0 saturated heterocycles. The summed E-state index contributed by atoms with van der Waals surface area (Å²) in [7, 11) is 0. The van der Waals surface area contributed by atoms with Crippen molar-refractivity contribution in [2.75, 3.05) is 0 Å². The van der Waals surface area contributed by atoms with Crippen LogP contribution in [0.25, 0.3) is 0 Å². The molecule has 2 aliphatic rings. The van der Waals surface area contributed by atoms with Gasteiger partial charge in [0.05, 0.1) is 0 Å². The van der Waals surface area contributed by atoms with Gasteiger partial charge in [-0.25, -0.2) is 0 Å². The topological polar surface area (TPSA) is 0 Å². The third-order valence-corrected chi connectivity index (χ3v) is 4.29. The Morgan fingerprint density at radius 1 is 0.615 bits per heavy atom. The van der Waals surface area contributed by atoms with Gasteiger partial charge < -0.3 is 9.41 Å². The van der Waals surface area contributed by atoms with Crippen molar-refractivity contribution in [3.8, 4) is 0 Å². The van der Waals surface area contributed by atoms with Crippen LogP contribution in [-0.2, 0) is 19.2 Å². The number of rotatable bonds is 2. The van der Waals surface area contributed by atoms with Crippen LogP contribution in [0.15, 0.2) is 48.6 Å². The first kappa shape index (κ1) is 12.5. The maximum Gasteiger partial charge on any atom is -1.00 e. The molecule has 0 aromatic rings. The van der Waals surface area contributed by atoms with Crippen molar-refractivity contribution in [3.05, 3.63) is 48.6 Å². The summed E-state index contributed by atoms with van der Waals surface area (Å²) in [5, 5.41) is 0. The van der Waals surface area contributed by atoms with E-state index in [4.69, 9.17) is 0 Å². The largest absolute Gasteiger partial charge is 1.00 e. The average molecular weight is 216 g/mol. The number of hydrogen-bond acceptors (Lipinski definition) is 0. The first-order valence-electron chi connectivity index (χ1n) is 3.91. The standard InChI is InChI=1S/2C5H5.2FH.Ti/c2*1-2-4-5-3-1;;;/h2*1-5H;2*1H;/q;;;;+2/p-2. The van der Waals surface area contributed by atoms with E-state index in [1.807, 2.05) is 0 Å². The molecule has 0 atom stereocenters. The maximum atomic E-state index is 2.32. The van der Waals surface area contributed by atoms with Crippen LogP contribution in [0.1, 0.15) is 0 Å². The molecule has 13 heavy (non-hydrogen) atoms. The molecule has 0 aromatic carbocycles. The summed E-state index contributed by atoms with van der Waals surface area (Å²) in [6.45, 7) is 0. The quantitative estimate of drug-likeness (QED) is 0.429. The number of halogens is 2. The third kappa shape index (κ3) is 3.41. The first-order chi connectivity index (χ1) is 5.45. The first-order valence-corrected chi connectivity index (χ1v) is 5.71. The minimum atomic E-state index is 0. The summed E-state index contributed by atoms with van der Waals surface area (Å²) >= 11 is 0.139. The molecule has 68 valence electrons. The molecule has 3 heteroatoms. The van der Waals surface area contributed by atoms with Crippen molar-refractivity contribution < 1.29 is 28.6 Å². The molecule has 0 radical (unpaired) electrons. The number of hydrogen-bond donors (Lipinski definition) is 0. The molecule has 0 N–H and O–H groups in total. The van der Waals surface area contributed by atoms with Gasteiger partial charge in [0.15, 0.2) is 0 Å². The molecule has 0 heterocycles. The Labute approximate surface area is 85.8 Å². The Balaban J connectivity index is 0.000000720. The normalized spacial score (nSPS) is 18.5. The van der Waals surface area contributed by atoms with Crippen LogP contribution in [0.2, 0.25) is 8.45 Å². The minimum absolute atomic E-state index is 0. The molecule has 0 saturated carbocycles. The van der Waals surface area contributed by atoms with Gasteiger partial charge in [-0.1, -0.05) is 0 Å². The van der Waals surface area contributed by atoms with Crippen molar-refractivity contribution in [2.45, 2.75) is 8.45 Å². The fourth-order valence-electron chi connectivity index (χ4n) is 1.31. The van der Waals surface area contributed by atoms with E-state index in [1.54, 1.807) is 0 Å². The van der Waals surface area contributed by atoms with Crippen LogP contribution in [0.3, 0.4) is 0 Å². The van der Waals surface area contributed by atoms with Crippen LogP contribution in [0.4, 0.5) is 0 Å². The van der Waals surface area contributed by atoms with Gasteiger partial charge in [-0.15, -0.1) is 0 Å². The summed E-state index contributed by atoms with van der Waals surface area (Å²) in [5.74, 6) is 0. The SMILES string of the molecule is C1=C[CH]([Ti+2][CH]2C=CC=C2)C=C1.[F-].[F-]. The van der Waals surface area contributed by atoms with Crippen molar-refractivity contribution in [3.63, 3.8) is 0 Å². The summed E-state index contributed by atoms with van der Waals surface area (Å²) in [6.07, 6.45) is 17.9. The van der Waals surface area contributed by atoms with Gasteiger partial charge in [-0.3, -0.25) is 0 Å². The summed E-state index contributed by atoms with van der Waals surface area (Å²) in [4.78, 5) is 0. The summed E-state index contributed by atoms with van der Waals surface area (Å²) in [5.41, 5.74) is 0. The van der Waals surface area contributed by atoms with Gasteiger partial charge in [0.25, 0.3) is 0 Å². The smallest absolute Gasteiger partial charge is 1.00 e. The molecule has 0 bridgehead atoms. The Kier molecular flexibility index (Phi) is 5.84. The van der Waals surface area contributed by atoms with E-state index >= 15 is 0 Å². The molecule has 0 unspecified atom stereocenters. The molecule has 2 rings (SSSR count). The number of allylic oxidation sites excluding steroid dienone is 8. The monoisotopic (exact) mass is 216 g/mol. The second-order valence-electron chi connectivity index (χ2n) is 2.76. The molecule has 0 nitrogen and oxygen atoms in total. The Morgan fingerprint density at radius 3 is 1.23 bits per heavy atom. The average Bonchev–Trinajstić information content (AvgIpc) is 2.60. The second-order valence-corrected chi connectivity index (χ2v) is 5.36. The summed E-state index contributed by atoms with van der Waals surface area (Å²) < 4.78 is 1.60. The van der Waals surface area contributed by atoms with Crippen LogP contribution < -0.4 is 9.41 Å². The second kappa shape index (κ2) is 6.06. The molecule has 0 fully saturated rings. The van der Waals surface area contributed by atoms with Crippen LogP contribution >= 0.6 is 0 Å². The zero-order valence-corrected chi connectivity index (χ0v) is 8.59. The van der Waals surface area contributed by atoms with Gasteiger partial charge in [0, 0.05) is 0 Å². The van der Waals surface area contributed by atoms with E-state index in [9.17, 15) is 0 Å². The Bertz CT molecular complexity index is 204. The fraction of sp³-hybridized carbons (Fsp3) is 0.200. The van der Waals surface area contributed by atoms with E-state index in [0.29, 0.717) is 0 Å². The van der Waals surface area contributed by atoms with Gasteiger partial charge in [-0.2, -0.15) is 0 Å². The molecule has 0 aliphatic heterocycles. The van der Waals surface area contributed by atoms with Gasteiger partial charge >= 0.3 is 76.2 Å². The van der Waals surface area contributed by atoms with Crippen molar-refractivity contribution in [1.82, 2.24) is 0 Å². The molecule has 2 aliphatic carbocycles. The van der Waals surface area contributed by atoms with E-state index in [-0.39, 0.29) is 28.6 Å². The molecule has 0 spiro atoms. The predicted molar refractivity (Wildman–Crippen MR) is 44.1 cm³/mol. The van der Waals surface area contributed by atoms with Crippen LogP contribution in [0, 0.1) is 0 Å². The van der Waals surface area contributed by atoms with E-state index in [0.717, 1.165) is 8.45 Å². The third-order valence-electron chi connectivity index (χ3n) is 1.88. The van der Waals surface area contributed by atoms with Gasteiger partial charge in [0.2, 0.25) is 0 Å². The van der Waals surface area contributed by atoms with E-state index in [1.165, 1.54) is 0 Å². The zero-order valence-electron chi connectivity index (χ0n) is 7.03. The van der Waals surface area contributed by atoms with Crippen molar-refractivity contribution >= 4 is 0 Å². The van der Waals surface area contributed by atoms with Crippen LogP contribution in [0.5, 0.6) is 0 Å². The van der Waals surface area contributed by atoms with Crippen LogP contribution in [-0.4, -0.2) is 0 Å². The van der Waals surface area contributed by atoms with Crippen molar-refractivity contribution in [1.29, 1.82) is 0 Å². The Morgan fingerprint density at radius 2 is 0.923 bits per heavy atom. The molecule has 0 aromatic heterocycles. The predicted octanol–water partition coefficient (Wildman–Crippen LogP) is -3.09. The molecule has 0 amide bonds. The molecular formula is C10H10F2Ti. The van der Waals surface area contributed by atoms with Gasteiger partial charge in [-0.05, 0) is 0 Å². The van der Waals surface area contributed by atoms with E-state index in [2.05, 4.69) is 48.6 Å². The minimum Gasteiger partial charge on any atom is -1.00 e. The van der Waals surface area contributed by atoms with E-state index < -0.39 is 0 Å². The zero-order chi connectivity index (χ0) is 7.52. The van der Waals surface area contributed by atoms with Crippen molar-refractivity contribution in [2.24, 2.45) is 0 Å². The maximum absolute atomic E-state index is 2.32.